The maximum absolute atomic E-state index is 13.8. The zero-order valence-electron chi connectivity index (χ0n) is 20.3. The number of amides is 1. The Hall–Kier alpha value is -2.36. The molecule has 16 heteroatoms. The molecule has 1 atom stereocenters. The number of H-pyrrole nitrogens is 1. The van der Waals surface area contributed by atoms with Gasteiger partial charge in [0.2, 0.25) is 20.0 Å². The van der Waals surface area contributed by atoms with Crippen molar-refractivity contribution < 1.29 is 34.8 Å². The summed E-state index contributed by atoms with van der Waals surface area (Å²) in [5, 5.41) is 6.35. The van der Waals surface area contributed by atoms with Gasteiger partial charge in [0.15, 0.2) is 0 Å². The molecule has 1 aromatic heterocycles. The Kier molecular flexibility index (Phi) is 8.02. The van der Waals surface area contributed by atoms with E-state index >= 15 is 0 Å². The van der Waals surface area contributed by atoms with Gasteiger partial charge in [-0.1, -0.05) is 42.6 Å². The highest BCUT2D eigenvalue weighted by Gasteiger charge is 2.46. The molecule has 3 aromatic rings. The van der Waals surface area contributed by atoms with Crippen LogP contribution in [0.4, 0.5) is 13.2 Å². The first kappa shape index (κ1) is 29.6. The molecule has 1 aliphatic rings. The summed E-state index contributed by atoms with van der Waals surface area (Å²) in [4.78, 5) is 14.6. The Morgan fingerprint density at radius 2 is 1.77 bits per heavy atom. The predicted octanol–water partition coefficient (Wildman–Crippen LogP) is 4.35. The molecule has 0 spiro atoms. The van der Waals surface area contributed by atoms with Gasteiger partial charge in [-0.3, -0.25) is 4.79 Å². The van der Waals surface area contributed by atoms with Crippen molar-refractivity contribution in [3.63, 3.8) is 0 Å². The van der Waals surface area contributed by atoms with Crippen molar-refractivity contribution in [2.75, 3.05) is 19.6 Å². The zero-order valence-corrected chi connectivity index (χ0v) is 23.4. The Morgan fingerprint density at radius 3 is 2.38 bits per heavy atom. The van der Waals surface area contributed by atoms with Gasteiger partial charge in [0.1, 0.15) is 0 Å². The number of hydrogen-bond acceptors (Lipinski definition) is 5. The van der Waals surface area contributed by atoms with Crippen molar-refractivity contribution in [2.24, 2.45) is 5.14 Å². The molecule has 4 rings (SSSR count). The molecule has 0 bridgehead atoms. The number of benzene rings is 2. The number of piperazine rings is 1. The summed E-state index contributed by atoms with van der Waals surface area (Å²) < 4.78 is 92.6. The number of carbonyl (C=O) groups excluding carboxylic acids is 1. The highest BCUT2D eigenvalue weighted by atomic mass is 35.5. The van der Waals surface area contributed by atoms with Crippen LogP contribution in [0, 0.1) is 0 Å². The molecule has 39 heavy (non-hydrogen) atoms. The normalized spacial score (nSPS) is 17.6. The molecular weight excluding hydrogens is 604 g/mol. The van der Waals surface area contributed by atoms with Crippen LogP contribution in [0.3, 0.4) is 0 Å². The largest absolute Gasteiger partial charge is 0.471 e. The fraction of sp³-hybridized carbons (Fsp3) is 0.348. The van der Waals surface area contributed by atoms with Crippen LogP contribution in [-0.2, 0) is 24.8 Å². The maximum Gasteiger partial charge on any atom is 0.471 e. The quantitative estimate of drug-likeness (QED) is 0.419. The summed E-state index contributed by atoms with van der Waals surface area (Å²) in [5.41, 5.74) is 0.555. The Morgan fingerprint density at radius 1 is 1.08 bits per heavy atom. The molecule has 1 unspecified atom stereocenters. The first-order chi connectivity index (χ1) is 18.1. The molecule has 9 nitrogen and oxygen atoms in total. The SMILES string of the molecule is CCCC1CN(C(=O)C(F)(F)F)CCN1S(=O)(=O)c1ccc(S(N)(=O)=O)c(-c2ccc(Cl)c3c(Cl)c[nH]c23)c1. The van der Waals surface area contributed by atoms with E-state index in [9.17, 15) is 34.8 Å². The van der Waals surface area contributed by atoms with E-state index in [1.165, 1.54) is 18.3 Å². The number of carbonyl (C=O) groups is 1. The molecule has 0 radical (unpaired) electrons. The van der Waals surface area contributed by atoms with Gasteiger partial charge in [-0.2, -0.15) is 17.5 Å². The number of aromatic amines is 1. The third kappa shape index (κ3) is 5.63. The van der Waals surface area contributed by atoms with Crippen LogP contribution in [0.25, 0.3) is 22.0 Å². The van der Waals surface area contributed by atoms with E-state index < -0.39 is 51.3 Å². The number of primary sulfonamides is 1. The van der Waals surface area contributed by atoms with E-state index in [2.05, 4.69) is 4.98 Å². The van der Waals surface area contributed by atoms with E-state index in [0.717, 1.165) is 22.5 Å². The topological polar surface area (TPSA) is 134 Å². The van der Waals surface area contributed by atoms with E-state index in [-0.39, 0.29) is 43.9 Å². The van der Waals surface area contributed by atoms with Gasteiger partial charge in [-0.05, 0) is 30.7 Å². The Balaban J connectivity index is 1.83. The molecule has 1 fully saturated rings. The summed E-state index contributed by atoms with van der Waals surface area (Å²) in [6, 6.07) is 5.30. The zero-order chi connectivity index (χ0) is 28.9. The van der Waals surface area contributed by atoms with Crippen molar-refractivity contribution in [1.29, 1.82) is 0 Å². The van der Waals surface area contributed by atoms with E-state index in [4.69, 9.17) is 28.3 Å². The fourth-order valence-electron chi connectivity index (χ4n) is 4.74. The summed E-state index contributed by atoms with van der Waals surface area (Å²) in [6.07, 6.45) is -3.00. The average molecular weight is 627 g/mol. The fourth-order valence-corrected chi connectivity index (χ4v) is 7.70. The van der Waals surface area contributed by atoms with E-state index in [1.54, 1.807) is 6.92 Å². The molecular formula is C23H23Cl2F3N4O5S2. The maximum atomic E-state index is 13.8. The first-order valence-corrected chi connectivity index (χ1v) is 15.3. The van der Waals surface area contributed by atoms with Crippen LogP contribution in [0.15, 0.2) is 46.3 Å². The number of fused-ring (bicyclic) bond motifs is 1. The molecule has 0 saturated carbocycles. The summed E-state index contributed by atoms with van der Waals surface area (Å²) in [7, 11) is -8.68. The van der Waals surface area contributed by atoms with Crippen LogP contribution in [0.5, 0.6) is 0 Å². The second-order valence-corrected chi connectivity index (χ2v) is 13.2. The number of nitrogens with one attached hydrogen (secondary N) is 1. The minimum absolute atomic E-state index is 0.0447. The van der Waals surface area contributed by atoms with Crippen molar-refractivity contribution in [1.82, 2.24) is 14.2 Å². The number of alkyl halides is 3. The van der Waals surface area contributed by atoms with Crippen LogP contribution >= 0.6 is 23.2 Å². The van der Waals surface area contributed by atoms with Crippen molar-refractivity contribution in [3.8, 4) is 11.1 Å². The van der Waals surface area contributed by atoms with Gasteiger partial charge in [0.05, 0.1) is 25.4 Å². The molecule has 1 aliphatic heterocycles. The van der Waals surface area contributed by atoms with Crippen molar-refractivity contribution in [2.45, 2.75) is 41.8 Å². The minimum atomic E-state index is -5.08. The predicted molar refractivity (Wildman–Crippen MR) is 140 cm³/mol. The van der Waals surface area contributed by atoms with E-state index in [0.29, 0.717) is 22.2 Å². The van der Waals surface area contributed by atoms with Gasteiger partial charge in [0, 0.05) is 48.4 Å². The average Bonchev–Trinajstić information content (AvgIpc) is 3.24. The lowest BCUT2D eigenvalue weighted by Gasteiger charge is -2.40. The number of sulfonamides is 2. The van der Waals surface area contributed by atoms with Crippen LogP contribution in [0.1, 0.15) is 19.8 Å². The minimum Gasteiger partial charge on any atom is -0.359 e. The lowest BCUT2D eigenvalue weighted by molar-refractivity contribution is -0.187. The lowest BCUT2D eigenvalue weighted by Crippen LogP contribution is -2.58. The second kappa shape index (κ2) is 10.6. The van der Waals surface area contributed by atoms with E-state index in [1.807, 2.05) is 0 Å². The third-order valence-corrected chi connectivity index (χ3v) is 10.0. The first-order valence-electron chi connectivity index (χ1n) is 11.6. The Bertz CT molecular complexity index is 1660. The third-order valence-electron chi connectivity index (χ3n) is 6.47. The summed E-state index contributed by atoms with van der Waals surface area (Å²) in [5.74, 6) is -2.03. The molecule has 3 N–H and O–H groups in total. The van der Waals surface area contributed by atoms with Crippen LogP contribution in [-0.4, -0.2) is 68.8 Å². The number of nitrogens with zero attached hydrogens (tertiary/aromatic N) is 2. The summed E-state index contributed by atoms with van der Waals surface area (Å²) in [6.45, 7) is 0.463. The number of hydrogen-bond donors (Lipinski definition) is 2. The number of nitrogens with two attached hydrogens (primary N) is 1. The van der Waals surface area contributed by atoms with Crippen LogP contribution in [0.2, 0.25) is 10.0 Å². The second-order valence-electron chi connectivity index (χ2n) is 8.99. The number of aromatic nitrogens is 1. The molecule has 2 heterocycles. The van der Waals surface area contributed by atoms with Crippen molar-refractivity contribution >= 4 is 60.1 Å². The number of rotatable bonds is 6. The van der Waals surface area contributed by atoms with Crippen LogP contribution < -0.4 is 5.14 Å². The smallest absolute Gasteiger partial charge is 0.359 e. The number of halogens is 5. The van der Waals surface area contributed by atoms with Crippen molar-refractivity contribution in [3.05, 3.63) is 46.6 Å². The summed E-state index contributed by atoms with van der Waals surface area (Å²) >= 11 is 12.5. The molecule has 1 amide bonds. The standard InChI is InChI=1S/C23H23Cl2F3N4O5S2/c1-2-3-13-12-31(22(33)23(26,27)28)8-9-32(13)39(36,37)14-4-7-19(38(29,34)35)16(10-14)15-5-6-17(24)20-18(25)11-30-21(15)20/h4-7,10-11,13,30H,2-3,8-9,12H2,1H3,(H2,29,34,35). The highest BCUT2D eigenvalue weighted by molar-refractivity contribution is 7.89. The van der Waals surface area contributed by atoms with Gasteiger partial charge >= 0.3 is 12.1 Å². The molecule has 1 saturated heterocycles. The molecule has 0 aliphatic carbocycles. The Labute approximate surface area is 232 Å². The highest BCUT2D eigenvalue weighted by Crippen LogP contribution is 2.40. The van der Waals surface area contributed by atoms with Gasteiger partial charge < -0.3 is 9.88 Å². The van der Waals surface area contributed by atoms with Gasteiger partial charge in [-0.25, -0.2) is 22.0 Å². The molecule has 2 aromatic carbocycles. The van der Waals surface area contributed by atoms with Gasteiger partial charge in [-0.15, -0.1) is 0 Å². The van der Waals surface area contributed by atoms with Gasteiger partial charge in [0.25, 0.3) is 0 Å². The monoisotopic (exact) mass is 626 g/mol. The lowest BCUT2D eigenvalue weighted by atomic mass is 10.0. The molecule has 212 valence electrons.